The number of benzene rings is 1. The number of nitrogens with zero attached hydrogens (tertiary/aromatic N) is 2. The predicted octanol–water partition coefficient (Wildman–Crippen LogP) is 0.371. The normalized spacial score (nSPS) is 20.7. The zero-order chi connectivity index (χ0) is 17.4. The topological polar surface area (TPSA) is 110 Å². The van der Waals surface area contributed by atoms with Crippen molar-refractivity contribution in [3.63, 3.8) is 0 Å². The molecule has 9 heteroatoms. The maximum atomic E-state index is 13.2. The van der Waals surface area contributed by atoms with Crippen LogP contribution in [0.1, 0.15) is 6.42 Å². The maximum Gasteiger partial charge on any atom is 0.245 e. The van der Waals surface area contributed by atoms with Gasteiger partial charge < -0.3 is 5.73 Å². The molecule has 2 aromatic rings. The molecular weight excluding hydrogens is 350 g/mol. The second-order valence-electron chi connectivity index (χ2n) is 5.79. The number of rotatable bonds is 5. The summed E-state index contributed by atoms with van der Waals surface area (Å²) in [4.78, 5) is 4.27. The Hall–Kier alpha value is -1.55. The fourth-order valence-electron chi connectivity index (χ4n) is 3.04. The molecule has 1 fully saturated rings. The first-order valence-electron chi connectivity index (χ1n) is 7.61. The smallest absolute Gasteiger partial charge is 0.245 e. The Bertz CT molecular complexity index is 952. The molecule has 24 heavy (non-hydrogen) atoms. The van der Waals surface area contributed by atoms with Crippen LogP contribution in [0.15, 0.2) is 41.4 Å². The van der Waals surface area contributed by atoms with E-state index in [0.717, 1.165) is 0 Å². The Labute approximate surface area is 141 Å². The summed E-state index contributed by atoms with van der Waals surface area (Å²) in [6, 6.07) is 7.88. The van der Waals surface area contributed by atoms with Crippen molar-refractivity contribution in [3.8, 4) is 0 Å². The minimum absolute atomic E-state index is 0.00203. The first-order valence-corrected chi connectivity index (χ1v) is 10.9. The van der Waals surface area contributed by atoms with Gasteiger partial charge in [-0.05, 0) is 18.6 Å². The molecule has 1 saturated heterocycles. The SMILES string of the molecule is NCCN([C@H]1CCS(=O)(=O)C1)S(=O)(=O)c1cccc2cccnc12. The van der Waals surface area contributed by atoms with E-state index in [4.69, 9.17) is 5.73 Å². The van der Waals surface area contributed by atoms with Crippen molar-refractivity contribution in [2.75, 3.05) is 24.6 Å². The summed E-state index contributed by atoms with van der Waals surface area (Å²) in [5.41, 5.74) is 5.96. The third kappa shape index (κ3) is 3.16. The maximum absolute atomic E-state index is 13.2. The summed E-state index contributed by atoms with van der Waals surface area (Å²) in [5, 5.41) is 0.713. The number of aromatic nitrogens is 1. The van der Waals surface area contributed by atoms with E-state index in [1.54, 1.807) is 24.3 Å². The third-order valence-corrected chi connectivity index (χ3v) is 7.88. The number of hydrogen-bond donors (Lipinski definition) is 1. The molecule has 1 atom stereocenters. The number of sulfone groups is 1. The van der Waals surface area contributed by atoms with Gasteiger partial charge in [0.25, 0.3) is 0 Å². The van der Waals surface area contributed by atoms with Crippen LogP contribution >= 0.6 is 0 Å². The molecule has 0 spiro atoms. The van der Waals surface area contributed by atoms with E-state index in [9.17, 15) is 16.8 Å². The predicted molar refractivity (Wildman–Crippen MR) is 91.7 cm³/mol. The first-order chi connectivity index (χ1) is 11.3. The van der Waals surface area contributed by atoms with E-state index >= 15 is 0 Å². The van der Waals surface area contributed by atoms with Crippen molar-refractivity contribution in [2.24, 2.45) is 5.73 Å². The average Bonchev–Trinajstić information content (AvgIpc) is 2.91. The van der Waals surface area contributed by atoms with Gasteiger partial charge in [-0.1, -0.05) is 18.2 Å². The van der Waals surface area contributed by atoms with Gasteiger partial charge in [0, 0.05) is 30.7 Å². The van der Waals surface area contributed by atoms with Crippen LogP contribution in [0, 0.1) is 0 Å². The minimum atomic E-state index is -3.90. The Morgan fingerprint density at radius 3 is 2.67 bits per heavy atom. The molecule has 0 radical (unpaired) electrons. The zero-order valence-corrected chi connectivity index (χ0v) is 14.6. The lowest BCUT2D eigenvalue weighted by Gasteiger charge is -2.27. The summed E-state index contributed by atoms with van der Waals surface area (Å²) in [6.07, 6.45) is 1.83. The Kier molecular flexibility index (Phi) is 4.60. The number of sulfonamides is 1. The number of fused-ring (bicyclic) bond motifs is 1. The fraction of sp³-hybridized carbons (Fsp3) is 0.400. The summed E-state index contributed by atoms with van der Waals surface area (Å²) in [5.74, 6) is -0.160. The van der Waals surface area contributed by atoms with Gasteiger partial charge >= 0.3 is 0 Å². The van der Waals surface area contributed by atoms with Crippen molar-refractivity contribution in [1.29, 1.82) is 0 Å². The van der Waals surface area contributed by atoms with Crippen LogP contribution in [-0.4, -0.2) is 56.8 Å². The van der Waals surface area contributed by atoms with Crippen molar-refractivity contribution >= 4 is 30.8 Å². The van der Waals surface area contributed by atoms with Gasteiger partial charge in [0.05, 0.1) is 17.0 Å². The van der Waals surface area contributed by atoms with E-state index in [2.05, 4.69) is 4.98 Å². The molecule has 1 aliphatic heterocycles. The lowest BCUT2D eigenvalue weighted by atomic mass is 10.2. The molecule has 1 aromatic heterocycles. The number of pyridine rings is 1. The molecule has 3 rings (SSSR count). The number of hydrogen-bond acceptors (Lipinski definition) is 6. The summed E-state index contributed by atoms with van der Waals surface area (Å²) < 4.78 is 51.1. The largest absolute Gasteiger partial charge is 0.329 e. The highest BCUT2D eigenvalue weighted by Crippen LogP contribution is 2.28. The Balaban J connectivity index is 2.09. The van der Waals surface area contributed by atoms with Crippen LogP contribution in [0.5, 0.6) is 0 Å². The second-order valence-corrected chi connectivity index (χ2v) is 9.88. The number of nitrogens with two attached hydrogens (primary N) is 1. The molecule has 2 heterocycles. The van der Waals surface area contributed by atoms with Crippen LogP contribution in [0.25, 0.3) is 10.9 Å². The lowest BCUT2D eigenvalue weighted by Crippen LogP contribution is -2.43. The third-order valence-electron chi connectivity index (χ3n) is 4.15. The lowest BCUT2D eigenvalue weighted by molar-refractivity contribution is 0.347. The van der Waals surface area contributed by atoms with Gasteiger partial charge in [-0.2, -0.15) is 4.31 Å². The fourth-order valence-corrected chi connectivity index (χ4v) is 6.70. The molecule has 1 aromatic carbocycles. The standard InChI is InChI=1S/C15H19N3O4S2/c16-7-9-18(13-6-10-23(19,20)11-13)24(21,22)14-5-1-3-12-4-2-8-17-15(12)14/h1-5,8,13H,6-7,9-11,16H2/t13-/m0/s1. The van der Waals surface area contributed by atoms with Gasteiger partial charge in [-0.3, -0.25) is 4.98 Å². The van der Waals surface area contributed by atoms with Crippen LogP contribution in [0.3, 0.4) is 0 Å². The van der Waals surface area contributed by atoms with Gasteiger partial charge in [0.15, 0.2) is 9.84 Å². The number of para-hydroxylation sites is 1. The quantitative estimate of drug-likeness (QED) is 0.815. The summed E-state index contributed by atoms with van der Waals surface area (Å²) in [7, 11) is -7.10. The second kappa shape index (κ2) is 6.40. The molecule has 1 aliphatic rings. The molecule has 0 saturated carbocycles. The van der Waals surface area contributed by atoms with Gasteiger partial charge in [0.1, 0.15) is 4.90 Å². The molecular formula is C15H19N3O4S2. The highest BCUT2D eigenvalue weighted by molar-refractivity contribution is 7.92. The zero-order valence-electron chi connectivity index (χ0n) is 13.0. The van der Waals surface area contributed by atoms with Crippen LogP contribution in [0.2, 0.25) is 0 Å². The minimum Gasteiger partial charge on any atom is -0.329 e. The van der Waals surface area contributed by atoms with E-state index in [0.29, 0.717) is 17.3 Å². The van der Waals surface area contributed by atoms with Crippen molar-refractivity contribution in [1.82, 2.24) is 9.29 Å². The molecule has 2 N–H and O–H groups in total. The van der Waals surface area contributed by atoms with E-state index in [1.165, 1.54) is 16.6 Å². The van der Waals surface area contributed by atoms with E-state index in [-0.39, 0.29) is 29.5 Å². The van der Waals surface area contributed by atoms with Gasteiger partial charge in [-0.15, -0.1) is 0 Å². The van der Waals surface area contributed by atoms with Crippen LogP contribution in [0.4, 0.5) is 0 Å². The Morgan fingerprint density at radius 2 is 2.00 bits per heavy atom. The molecule has 130 valence electrons. The van der Waals surface area contributed by atoms with E-state index < -0.39 is 25.9 Å². The first kappa shape index (κ1) is 17.3. The monoisotopic (exact) mass is 369 g/mol. The van der Waals surface area contributed by atoms with Gasteiger partial charge in [0.2, 0.25) is 10.0 Å². The van der Waals surface area contributed by atoms with E-state index in [1.807, 2.05) is 0 Å². The summed E-state index contributed by atoms with van der Waals surface area (Å²) >= 11 is 0. The molecule has 0 unspecified atom stereocenters. The highest BCUT2D eigenvalue weighted by atomic mass is 32.2. The van der Waals surface area contributed by atoms with Crippen molar-refractivity contribution < 1.29 is 16.8 Å². The van der Waals surface area contributed by atoms with Gasteiger partial charge in [-0.25, -0.2) is 16.8 Å². The van der Waals surface area contributed by atoms with Crippen molar-refractivity contribution in [2.45, 2.75) is 17.4 Å². The molecule has 7 nitrogen and oxygen atoms in total. The van der Waals surface area contributed by atoms with Crippen LogP contribution in [-0.2, 0) is 19.9 Å². The Morgan fingerprint density at radius 1 is 1.25 bits per heavy atom. The summed E-state index contributed by atoms with van der Waals surface area (Å²) in [6.45, 7) is 0.194. The van der Waals surface area contributed by atoms with Crippen molar-refractivity contribution in [3.05, 3.63) is 36.5 Å². The van der Waals surface area contributed by atoms with Crippen LogP contribution < -0.4 is 5.73 Å². The molecule has 0 amide bonds. The highest BCUT2D eigenvalue weighted by Gasteiger charge is 2.39. The molecule has 0 bridgehead atoms. The average molecular weight is 369 g/mol. The molecule has 0 aliphatic carbocycles.